The number of hydrogen-bond donors (Lipinski definition) is 0. The first-order valence-electron chi connectivity index (χ1n) is 5.31. The van der Waals surface area contributed by atoms with E-state index in [0.717, 1.165) is 0 Å². The lowest BCUT2D eigenvalue weighted by Crippen LogP contribution is -2.12. The van der Waals surface area contributed by atoms with E-state index in [2.05, 4.69) is 4.15 Å². The molecule has 0 aliphatic rings. The molecule has 2 rings (SSSR count). The second-order valence-electron chi connectivity index (χ2n) is 3.72. The van der Waals surface area contributed by atoms with E-state index in [-0.39, 0.29) is 0 Å². The van der Waals surface area contributed by atoms with Gasteiger partial charge in [-0.2, -0.15) is 8.42 Å². The average Bonchev–Trinajstić information content (AvgIpc) is 2.39. The van der Waals surface area contributed by atoms with Crippen LogP contribution in [0.1, 0.15) is 0 Å². The summed E-state index contributed by atoms with van der Waals surface area (Å²) >= 11 is 6.56. The van der Waals surface area contributed by atoms with Crippen molar-refractivity contribution >= 4 is 48.2 Å². The second-order valence-corrected chi connectivity index (χ2v) is 9.98. The van der Waals surface area contributed by atoms with Gasteiger partial charge < -0.3 is 0 Å². The molecule has 0 atom stereocenters. The van der Waals surface area contributed by atoms with Gasteiger partial charge in [-0.05, 0) is 0 Å². The molecule has 0 bridgehead atoms. The molecule has 0 aromatic heterocycles. The maximum Gasteiger partial charge on any atom is 0.340 e. The molecule has 0 spiro atoms. The van der Waals surface area contributed by atoms with Crippen molar-refractivity contribution in [3.63, 3.8) is 0 Å². The van der Waals surface area contributed by atoms with Crippen molar-refractivity contribution in [2.24, 2.45) is 4.15 Å². The highest BCUT2D eigenvalue weighted by Crippen LogP contribution is 2.53. The van der Waals surface area contributed by atoms with Crippen molar-refractivity contribution in [2.45, 2.75) is 0 Å². The highest BCUT2D eigenvalue weighted by molar-refractivity contribution is 8.18. The van der Waals surface area contributed by atoms with E-state index in [4.69, 9.17) is 21.9 Å². The largest absolute Gasteiger partial charge is 0.340 e. The van der Waals surface area contributed by atoms with Gasteiger partial charge in [-0.15, -0.1) is 4.15 Å². The summed E-state index contributed by atoms with van der Waals surface area (Å²) in [6.45, 7) is 0. The molecule has 0 unspecified atom stereocenters. The Labute approximate surface area is 121 Å². The molecule has 0 saturated heterocycles. The Kier molecular flexibility index (Phi) is 4.36. The molecule has 2 aromatic rings. The van der Waals surface area contributed by atoms with Crippen LogP contribution in [-0.4, -0.2) is 8.42 Å². The third-order valence-electron chi connectivity index (χ3n) is 2.41. The molecule has 2 aromatic carbocycles. The van der Waals surface area contributed by atoms with Gasteiger partial charge in [-0.1, -0.05) is 71.9 Å². The van der Waals surface area contributed by atoms with Crippen molar-refractivity contribution in [2.75, 3.05) is 0 Å². The number of benzene rings is 2. The zero-order valence-electron chi connectivity index (χ0n) is 9.65. The van der Waals surface area contributed by atoms with E-state index in [1.807, 2.05) is 12.1 Å². The molecule has 0 radical (unpaired) electrons. The molecule has 0 saturated carbocycles. The molecule has 19 heavy (non-hydrogen) atoms. The maximum atomic E-state index is 11.3. The zero-order chi connectivity index (χ0) is 13.9. The van der Waals surface area contributed by atoms with Gasteiger partial charge in [-0.3, -0.25) is 0 Å². The fourth-order valence-corrected chi connectivity index (χ4v) is 7.42. The summed E-state index contributed by atoms with van der Waals surface area (Å²) < 4.78 is 26.4. The van der Waals surface area contributed by atoms with E-state index < -0.39 is 15.6 Å². The number of nitrogens with zero attached hydrogens (tertiary/aromatic N) is 1. The van der Waals surface area contributed by atoms with Crippen molar-refractivity contribution in [1.82, 2.24) is 0 Å². The minimum atomic E-state index is -4.06. The van der Waals surface area contributed by atoms with Gasteiger partial charge in [0.2, 0.25) is 0 Å². The molecule has 0 fully saturated rings. The Morgan fingerprint density at radius 3 is 1.53 bits per heavy atom. The summed E-state index contributed by atoms with van der Waals surface area (Å²) in [6, 6.07) is 17.8. The molecule has 0 aliphatic heterocycles. The summed E-state index contributed by atoms with van der Waals surface area (Å²) in [7, 11) is 1.20. The third kappa shape index (κ3) is 3.61. The smallest absolute Gasteiger partial charge is 0.187 e. The normalized spacial score (nSPS) is 12.1. The summed E-state index contributed by atoms with van der Waals surface area (Å²) in [6.07, 6.45) is -2.92. The molecule has 0 amide bonds. The van der Waals surface area contributed by atoms with Crippen LogP contribution in [0.15, 0.2) is 64.8 Å². The van der Waals surface area contributed by atoms with Crippen LogP contribution in [0.4, 0.5) is 0 Å². The zero-order valence-corrected chi connectivity index (χ0v) is 12.9. The standard InChI is InChI=1S/C12H10Cl2NO2PS/c13-18(15-19(14,16)17,11-7-3-1-4-8-11)12-9-5-2-6-10-12/h1-10H. The van der Waals surface area contributed by atoms with Gasteiger partial charge in [0.1, 0.15) is 6.41 Å². The quantitative estimate of drug-likeness (QED) is 0.637. The average molecular weight is 334 g/mol. The highest BCUT2D eigenvalue weighted by atomic mass is 35.7. The summed E-state index contributed by atoms with van der Waals surface area (Å²) in [4.78, 5) is 0. The predicted molar refractivity (Wildman–Crippen MR) is 82.1 cm³/mol. The highest BCUT2D eigenvalue weighted by Gasteiger charge is 2.24. The van der Waals surface area contributed by atoms with Crippen molar-refractivity contribution < 1.29 is 8.42 Å². The fraction of sp³-hybridized carbons (Fsp3) is 0. The number of rotatable bonds is 3. The van der Waals surface area contributed by atoms with E-state index in [0.29, 0.717) is 10.6 Å². The van der Waals surface area contributed by atoms with Crippen molar-refractivity contribution in [1.29, 1.82) is 0 Å². The minimum absolute atomic E-state index is 0.645. The lowest BCUT2D eigenvalue weighted by atomic mass is 10.4. The lowest BCUT2D eigenvalue weighted by molar-refractivity contribution is 0.612. The monoisotopic (exact) mass is 333 g/mol. The lowest BCUT2D eigenvalue weighted by Gasteiger charge is -2.16. The predicted octanol–water partition coefficient (Wildman–Crippen LogP) is 3.48. The van der Waals surface area contributed by atoms with Crippen LogP contribution >= 0.6 is 28.3 Å². The Morgan fingerprint density at radius 1 is 0.842 bits per heavy atom. The third-order valence-corrected chi connectivity index (χ3v) is 8.33. The summed E-state index contributed by atoms with van der Waals surface area (Å²) in [5.41, 5.74) is 0. The Balaban J connectivity index is 2.76. The Hall–Kier alpha value is -0.800. The van der Waals surface area contributed by atoms with Crippen molar-refractivity contribution in [3.8, 4) is 0 Å². The minimum Gasteiger partial charge on any atom is -0.187 e. The van der Waals surface area contributed by atoms with Crippen LogP contribution in [0.3, 0.4) is 0 Å². The van der Waals surface area contributed by atoms with Crippen molar-refractivity contribution in [3.05, 3.63) is 60.7 Å². The first-order chi connectivity index (χ1) is 8.92. The summed E-state index contributed by atoms with van der Waals surface area (Å²) in [5.74, 6) is 0. The molecule has 0 aliphatic carbocycles. The molecule has 3 nitrogen and oxygen atoms in total. The van der Waals surface area contributed by atoms with E-state index in [1.165, 1.54) is 0 Å². The fourth-order valence-electron chi connectivity index (χ4n) is 1.63. The Morgan fingerprint density at radius 2 is 1.21 bits per heavy atom. The topological polar surface area (TPSA) is 46.5 Å². The van der Waals surface area contributed by atoms with Crippen LogP contribution in [0.5, 0.6) is 0 Å². The van der Waals surface area contributed by atoms with Gasteiger partial charge in [0.25, 0.3) is 0 Å². The maximum absolute atomic E-state index is 11.3. The van der Waals surface area contributed by atoms with Crippen LogP contribution in [0.2, 0.25) is 0 Å². The molecular weight excluding hydrogens is 324 g/mol. The molecule has 0 heterocycles. The molecular formula is C12H10Cl2NO2PS. The molecule has 100 valence electrons. The molecule has 7 heteroatoms. The van der Waals surface area contributed by atoms with Gasteiger partial charge in [-0.25, -0.2) is 0 Å². The van der Waals surface area contributed by atoms with Crippen LogP contribution < -0.4 is 10.6 Å². The van der Waals surface area contributed by atoms with Gasteiger partial charge in [0, 0.05) is 21.3 Å². The summed E-state index contributed by atoms with van der Waals surface area (Å²) in [5, 5.41) is 1.29. The van der Waals surface area contributed by atoms with Gasteiger partial charge in [0.15, 0.2) is 0 Å². The SMILES string of the molecule is O=S(=O)(Cl)N=P(Cl)(c1ccccc1)c1ccccc1. The van der Waals surface area contributed by atoms with E-state index in [1.54, 1.807) is 48.5 Å². The Bertz CT molecular complexity index is 674. The van der Waals surface area contributed by atoms with Crippen LogP contribution in [0.25, 0.3) is 0 Å². The first-order valence-corrected chi connectivity index (χ1v) is 10.2. The van der Waals surface area contributed by atoms with Gasteiger partial charge in [0.05, 0.1) is 0 Å². The first kappa shape index (κ1) is 14.6. The van der Waals surface area contributed by atoms with Crippen LogP contribution in [0, 0.1) is 0 Å². The van der Waals surface area contributed by atoms with E-state index in [9.17, 15) is 8.42 Å². The van der Waals surface area contributed by atoms with Gasteiger partial charge >= 0.3 is 9.24 Å². The second kappa shape index (κ2) is 5.68. The van der Waals surface area contributed by atoms with E-state index >= 15 is 0 Å². The number of halogens is 2. The number of hydrogen-bond acceptors (Lipinski definition) is 2. The molecule has 0 N–H and O–H groups in total. The van der Waals surface area contributed by atoms with Crippen LogP contribution in [-0.2, 0) is 9.24 Å².